The van der Waals surface area contributed by atoms with Crippen LogP contribution in [0.3, 0.4) is 0 Å². The van der Waals surface area contributed by atoms with E-state index in [4.69, 9.17) is 4.74 Å². The van der Waals surface area contributed by atoms with Crippen LogP contribution in [-0.2, 0) is 6.42 Å². The number of guanidine groups is 1. The number of likely N-dealkylation sites (N-methyl/N-ethyl adjacent to an activating group) is 1. The first-order valence-electron chi connectivity index (χ1n) is 10.3. The lowest BCUT2D eigenvalue weighted by molar-refractivity contribution is 0.136. The SMILES string of the molecule is CCN1CCN(CCCCNC(=NC)NCCc2ccccc2OC)CC1. The van der Waals surface area contributed by atoms with Crippen molar-refractivity contribution < 1.29 is 4.74 Å². The summed E-state index contributed by atoms with van der Waals surface area (Å²) < 4.78 is 5.40. The highest BCUT2D eigenvalue weighted by Crippen LogP contribution is 2.17. The summed E-state index contributed by atoms with van der Waals surface area (Å²) in [5, 5.41) is 6.81. The first-order chi connectivity index (χ1) is 13.3. The van der Waals surface area contributed by atoms with Gasteiger partial charge >= 0.3 is 0 Å². The molecule has 1 aliphatic heterocycles. The molecule has 1 saturated heterocycles. The van der Waals surface area contributed by atoms with Crippen LogP contribution in [0.2, 0.25) is 0 Å². The first-order valence-corrected chi connectivity index (χ1v) is 10.3. The Morgan fingerprint density at radius 3 is 2.44 bits per heavy atom. The highest BCUT2D eigenvalue weighted by Gasteiger charge is 2.14. The molecule has 1 aliphatic rings. The maximum atomic E-state index is 5.40. The third-order valence-electron chi connectivity index (χ3n) is 5.21. The molecule has 0 atom stereocenters. The smallest absolute Gasteiger partial charge is 0.190 e. The molecule has 0 aliphatic carbocycles. The van der Waals surface area contributed by atoms with Crippen molar-refractivity contribution in [2.45, 2.75) is 26.2 Å². The largest absolute Gasteiger partial charge is 0.496 e. The predicted octanol–water partition coefficient (Wildman–Crippen LogP) is 1.82. The third kappa shape index (κ3) is 7.77. The number of rotatable bonds is 10. The number of para-hydroxylation sites is 1. The van der Waals surface area contributed by atoms with E-state index in [0.29, 0.717) is 0 Å². The zero-order valence-corrected chi connectivity index (χ0v) is 17.3. The maximum absolute atomic E-state index is 5.40. The number of benzene rings is 1. The highest BCUT2D eigenvalue weighted by molar-refractivity contribution is 5.79. The lowest BCUT2D eigenvalue weighted by Gasteiger charge is -2.34. The van der Waals surface area contributed by atoms with Gasteiger partial charge in [0.15, 0.2) is 5.96 Å². The Kier molecular flexibility index (Phi) is 10.0. The molecule has 1 fully saturated rings. The molecule has 6 nitrogen and oxygen atoms in total. The third-order valence-corrected chi connectivity index (χ3v) is 5.21. The van der Waals surface area contributed by atoms with Crippen molar-refractivity contribution in [2.75, 3.05) is 66.5 Å². The Morgan fingerprint density at radius 1 is 1.04 bits per heavy atom. The Balaban J connectivity index is 1.55. The van der Waals surface area contributed by atoms with E-state index < -0.39 is 0 Å². The van der Waals surface area contributed by atoms with Gasteiger partial charge in [0.2, 0.25) is 0 Å². The van der Waals surface area contributed by atoms with Crippen LogP contribution in [0, 0.1) is 0 Å². The lowest BCUT2D eigenvalue weighted by atomic mass is 10.1. The van der Waals surface area contributed by atoms with Gasteiger partial charge in [-0.1, -0.05) is 25.1 Å². The molecule has 6 heteroatoms. The number of unbranched alkanes of at least 4 members (excludes halogenated alkanes) is 1. The number of piperazine rings is 1. The summed E-state index contributed by atoms with van der Waals surface area (Å²) in [7, 11) is 3.54. The van der Waals surface area contributed by atoms with Gasteiger partial charge in [-0.25, -0.2) is 0 Å². The molecule has 1 heterocycles. The van der Waals surface area contributed by atoms with E-state index in [-0.39, 0.29) is 0 Å². The van der Waals surface area contributed by atoms with Gasteiger partial charge in [0.05, 0.1) is 7.11 Å². The standard InChI is InChI=1S/C21H37N5O/c1-4-25-15-17-26(18-16-25)14-8-7-12-23-21(22-2)24-13-11-19-9-5-6-10-20(19)27-3/h5-6,9-10H,4,7-8,11-18H2,1-3H3,(H2,22,23,24). The number of methoxy groups -OCH3 is 1. The number of nitrogens with zero attached hydrogens (tertiary/aromatic N) is 3. The number of ether oxygens (including phenoxy) is 1. The normalized spacial score (nSPS) is 16.3. The maximum Gasteiger partial charge on any atom is 0.190 e. The molecule has 0 amide bonds. The van der Waals surface area contributed by atoms with Crippen molar-refractivity contribution in [3.05, 3.63) is 29.8 Å². The van der Waals surface area contributed by atoms with E-state index in [9.17, 15) is 0 Å². The van der Waals surface area contributed by atoms with Crippen LogP contribution in [0.1, 0.15) is 25.3 Å². The Morgan fingerprint density at radius 2 is 1.74 bits per heavy atom. The molecule has 1 aromatic rings. The van der Waals surface area contributed by atoms with Crippen molar-refractivity contribution in [1.29, 1.82) is 0 Å². The van der Waals surface area contributed by atoms with Gasteiger partial charge in [0.1, 0.15) is 5.75 Å². The van der Waals surface area contributed by atoms with Crippen molar-refractivity contribution in [2.24, 2.45) is 4.99 Å². The van der Waals surface area contributed by atoms with Crippen LogP contribution in [0.5, 0.6) is 5.75 Å². The fourth-order valence-corrected chi connectivity index (χ4v) is 3.44. The summed E-state index contributed by atoms with van der Waals surface area (Å²) >= 11 is 0. The Bertz CT molecular complexity index is 555. The van der Waals surface area contributed by atoms with Gasteiger partial charge in [-0.3, -0.25) is 4.99 Å². The summed E-state index contributed by atoms with van der Waals surface area (Å²) in [6, 6.07) is 8.16. The van der Waals surface area contributed by atoms with Gasteiger partial charge in [-0.05, 0) is 44.0 Å². The zero-order chi connectivity index (χ0) is 19.3. The molecule has 2 rings (SSSR count). The second kappa shape index (κ2) is 12.6. The lowest BCUT2D eigenvalue weighted by Crippen LogP contribution is -2.46. The van der Waals surface area contributed by atoms with Crippen molar-refractivity contribution in [3.63, 3.8) is 0 Å². The van der Waals surface area contributed by atoms with Gasteiger partial charge < -0.3 is 25.2 Å². The van der Waals surface area contributed by atoms with Gasteiger partial charge in [-0.15, -0.1) is 0 Å². The average molecular weight is 376 g/mol. The fourth-order valence-electron chi connectivity index (χ4n) is 3.44. The highest BCUT2D eigenvalue weighted by atomic mass is 16.5. The Hall–Kier alpha value is -1.79. The second-order valence-corrected chi connectivity index (χ2v) is 6.97. The summed E-state index contributed by atoms with van der Waals surface area (Å²) in [4.78, 5) is 9.43. The van der Waals surface area contributed by atoms with Crippen LogP contribution in [0.15, 0.2) is 29.3 Å². The van der Waals surface area contributed by atoms with Crippen LogP contribution < -0.4 is 15.4 Å². The monoisotopic (exact) mass is 375 g/mol. The van der Waals surface area contributed by atoms with Crippen molar-refractivity contribution >= 4 is 5.96 Å². The number of nitrogens with one attached hydrogen (secondary N) is 2. The van der Waals surface area contributed by atoms with Gasteiger partial charge in [-0.2, -0.15) is 0 Å². The quantitative estimate of drug-likeness (QED) is 0.371. The van der Waals surface area contributed by atoms with Crippen LogP contribution in [-0.4, -0.2) is 82.3 Å². The zero-order valence-electron chi connectivity index (χ0n) is 17.3. The molecule has 152 valence electrons. The topological polar surface area (TPSA) is 52.1 Å². The molecular weight excluding hydrogens is 338 g/mol. The van der Waals surface area contributed by atoms with E-state index >= 15 is 0 Å². The molecule has 0 bridgehead atoms. The minimum Gasteiger partial charge on any atom is -0.496 e. The summed E-state index contributed by atoms with van der Waals surface area (Å²) in [6.07, 6.45) is 3.31. The minimum absolute atomic E-state index is 0.835. The van der Waals surface area contributed by atoms with Crippen LogP contribution >= 0.6 is 0 Å². The molecule has 0 aromatic heterocycles. The molecule has 0 unspecified atom stereocenters. The molecule has 27 heavy (non-hydrogen) atoms. The van der Waals surface area contributed by atoms with Crippen LogP contribution in [0.25, 0.3) is 0 Å². The number of aliphatic imine (C=N–C) groups is 1. The Labute approximate surface area is 165 Å². The predicted molar refractivity (Wildman–Crippen MR) is 114 cm³/mol. The number of hydrogen-bond donors (Lipinski definition) is 2. The second-order valence-electron chi connectivity index (χ2n) is 6.97. The van der Waals surface area contributed by atoms with E-state index in [1.165, 1.54) is 57.7 Å². The number of hydrogen-bond acceptors (Lipinski definition) is 4. The first kappa shape index (κ1) is 21.5. The molecule has 0 saturated carbocycles. The molecular formula is C21H37N5O. The van der Waals surface area contributed by atoms with E-state index in [2.05, 4.69) is 38.4 Å². The summed E-state index contributed by atoms with van der Waals surface area (Å²) in [5.41, 5.74) is 1.21. The summed E-state index contributed by atoms with van der Waals surface area (Å²) in [5.74, 6) is 1.82. The van der Waals surface area contributed by atoms with Gasteiger partial charge in [0, 0.05) is 46.3 Å². The fraction of sp³-hybridized carbons (Fsp3) is 0.667. The van der Waals surface area contributed by atoms with Crippen molar-refractivity contribution in [1.82, 2.24) is 20.4 Å². The van der Waals surface area contributed by atoms with Gasteiger partial charge in [0.25, 0.3) is 0 Å². The molecule has 0 spiro atoms. The minimum atomic E-state index is 0.835. The van der Waals surface area contributed by atoms with Crippen molar-refractivity contribution in [3.8, 4) is 5.75 Å². The van der Waals surface area contributed by atoms with E-state index in [1.54, 1.807) is 7.11 Å². The molecule has 2 N–H and O–H groups in total. The average Bonchev–Trinajstić information content (AvgIpc) is 2.73. The van der Waals surface area contributed by atoms with E-state index in [1.807, 2.05) is 25.2 Å². The molecule has 1 aromatic carbocycles. The van der Waals surface area contributed by atoms with E-state index in [0.717, 1.165) is 31.2 Å². The summed E-state index contributed by atoms with van der Waals surface area (Å²) in [6.45, 7) is 11.3. The molecule has 0 radical (unpaired) electrons. The van der Waals surface area contributed by atoms with Crippen LogP contribution in [0.4, 0.5) is 0 Å².